The summed E-state index contributed by atoms with van der Waals surface area (Å²) in [6, 6.07) is 18.1. The number of hydrogen-bond acceptors (Lipinski definition) is 3. The van der Waals surface area contributed by atoms with Gasteiger partial charge in [0.15, 0.2) is 5.96 Å². The lowest BCUT2D eigenvalue weighted by molar-refractivity contribution is 0.580. The van der Waals surface area contributed by atoms with Crippen LogP contribution < -0.4 is 15.4 Å². The summed E-state index contributed by atoms with van der Waals surface area (Å²) in [5, 5.41) is 6.54. The van der Waals surface area contributed by atoms with Gasteiger partial charge in [0.1, 0.15) is 0 Å². The van der Waals surface area contributed by atoms with Crippen LogP contribution in [0.5, 0.6) is 0 Å². The van der Waals surface area contributed by atoms with Crippen LogP contribution in [-0.2, 0) is 16.6 Å². The molecule has 0 fully saturated rings. The summed E-state index contributed by atoms with van der Waals surface area (Å²) in [4.78, 5) is 4.64. The Hall–Kier alpha value is -2.38. The maximum Gasteiger partial charge on any atom is 0.211 e. The molecule has 0 radical (unpaired) electrons. The molecule has 7 heteroatoms. The van der Waals surface area contributed by atoms with Gasteiger partial charge in [-0.15, -0.1) is 0 Å². The number of aryl methyl sites for hydroxylation is 1. The van der Waals surface area contributed by atoms with E-state index in [1.54, 1.807) is 6.92 Å². The number of nitrogens with zero attached hydrogens (tertiary/aromatic N) is 1. The Bertz CT molecular complexity index is 819. The van der Waals surface area contributed by atoms with Crippen LogP contribution >= 0.6 is 0 Å². The van der Waals surface area contributed by atoms with Crippen LogP contribution in [0.2, 0.25) is 0 Å². The third-order valence-electron chi connectivity index (χ3n) is 3.92. The Kier molecular flexibility index (Phi) is 8.29. The molecular formula is C20H28N4O2S. The Labute approximate surface area is 162 Å². The molecule has 27 heavy (non-hydrogen) atoms. The summed E-state index contributed by atoms with van der Waals surface area (Å²) >= 11 is 0. The van der Waals surface area contributed by atoms with Crippen molar-refractivity contribution in [3.8, 4) is 0 Å². The van der Waals surface area contributed by atoms with Gasteiger partial charge in [-0.25, -0.2) is 18.1 Å². The lowest BCUT2D eigenvalue weighted by Gasteiger charge is -2.13. The fourth-order valence-corrected chi connectivity index (χ4v) is 2.95. The first kappa shape index (κ1) is 20.9. The quantitative estimate of drug-likeness (QED) is 0.350. The van der Waals surface area contributed by atoms with Gasteiger partial charge in [-0.2, -0.15) is 0 Å². The van der Waals surface area contributed by atoms with Gasteiger partial charge in [0, 0.05) is 18.8 Å². The molecular weight excluding hydrogens is 360 g/mol. The van der Waals surface area contributed by atoms with E-state index in [1.807, 2.05) is 30.3 Å². The SMILES string of the molecule is CCS(=O)(=O)NCCCNC(=NCc1ccc(C)cc1)Nc1ccccc1. The molecule has 0 amide bonds. The third-order valence-corrected chi connectivity index (χ3v) is 5.33. The van der Waals surface area contributed by atoms with Crippen LogP contribution in [0, 0.1) is 6.92 Å². The fraction of sp³-hybridized carbons (Fsp3) is 0.350. The molecule has 0 aliphatic heterocycles. The number of aliphatic imine (C=N–C) groups is 1. The number of benzene rings is 2. The number of hydrogen-bond donors (Lipinski definition) is 3. The van der Waals surface area contributed by atoms with E-state index < -0.39 is 10.0 Å². The minimum Gasteiger partial charge on any atom is -0.356 e. The Morgan fingerprint density at radius 1 is 1.00 bits per heavy atom. The average Bonchev–Trinajstić information content (AvgIpc) is 2.67. The van der Waals surface area contributed by atoms with Crippen LogP contribution in [0.1, 0.15) is 24.5 Å². The summed E-state index contributed by atoms with van der Waals surface area (Å²) in [5.41, 5.74) is 3.29. The third kappa shape index (κ3) is 8.23. The van der Waals surface area contributed by atoms with Crippen molar-refractivity contribution in [2.24, 2.45) is 4.99 Å². The number of para-hydroxylation sites is 1. The number of nitrogens with one attached hydrogen (secondary N) is 3. The van der Waals surface area contributed by atoms with Crippen molar-refractivity contribution in [2.75, 3.05) is 24.2 Å². The number of guanidine groups is 1. The predicted molar refractivity (Wildman–Crippen MR) is 112 cm³/mol. The molecule has 2 aromatic carbocycles. The molecule has 0 unspecified atom stereocenters. The second kappa shape index (κ2) is 10.7. The molecule has 0 saturated heterocycles. The highest BCUT2D eigenvalue weighted by Gasteiger charge is 2.05. The van der Waals surface area contributed by atoms with Gasteiger partial charge in [-0.3, -0.25) is 0 Å². The van der Waals surface area contributed by atoms with Crippen molar-refractivity contribution in [3.63, 3.8) is 0 Å². The predicted octanol–water partition coefficient (Wildman–Crippen LogP) is 2.88. The van der Waals surface area contributed by atoms with Gasteiger partial charge < -0.3 is 10.6 Å². The van der Waals surface area contributed by atoms with E-state index >= 15 is 0 Å². The first-order valence-electron chi connectivity index (χ1n) is 9.12. The molecule has 0 spiro atoms. The maximum absolute atomic E-state index is 11.5. The van der Waals surface area contributed by atoms with Gasteiger partial charge in [-0.1, -0.05) is 48.0 Å². The van der Waals surface area contributed by atoms with Gasteiger partial charge in [-0.05, 0) is 38.0 Å². The van der Waals surface area contributed by atoms with Crippen molar-refractivity contribution in [1.29, 1.82) is 0 Å². The molecule has 0 saturated carbocycles. The number of rotatable bonds is 9. The van der Waals surface area contributed by atoms with Crippen molar-refractivity contribution >= 4 is 21.7 Å². The zero-order valence-corrected chi connectivity index (χ0v) is 16.7. The molecule has 2 aromatic rings. The van der Waals surface area contributed by atoms with E-state index in [-0.39, 0.29) is 5.75 Å². The van der Waals surface area contributed by atoms with E-state index in [9.17, 15) is 8.42 Å². The molecule has 0 heterocycles. The molecule has 0 aliphatic carbocycles. The van der Waals surface area contributed by atoms with Crippen LogP contribution in [0.25, 0.3) is 0 Å². The zero-order chi connectivity index (χ0) is 19.5. The van der Waals surface area contributed by atoms with Crippen molar-refractivity contribution < 1.29 is 8.42 Å². The highest BCUT2D eigenvalue weighted by molar-refractivity contribution is 7.89. The van der Waals surface area contributed by atoms with Gasteiger partial charge >= 0.3 is 0 Å². The fourth-order valence-electron chi connectivity index (χ4n) is 2.29. The number of anilines is 1. The smallest absolute Gasteiger partial charge is 0.211 e. The maximum atomic E-state index is 11.5. The van der Waals surface area contributed by atoms with Crippen molar-refractivity contribution in [2.45, 2.75) is 26.8 Å². The molecule has 0 atom stereocenters. The lowest BCUT2D eigenvalue weighted by Crippen LogP contribution is -2.34. The summed E-state index contributed by atoms with van der Waals surface area (Å²) in [5.74, 6) is 0.763. The van der Waals surface area contributed by atoms with E-state index in [2.05, 4.69) is 51.5 Å². The van der Waals surface area contributed by atoms with Crippen molar-refractivity contribution in [3.05, 3.63) is 65.7 Å². The molecule has 2 rings (SSSR count). The van der Waals surface area contributed by atoms with E-state index in [0.29, 0.717) is 32.0 Å². The molecule has 0 aliphatic rings. The van der Waals surface area contributed by atoms with E-state index in [4.69, 9.17) is 0 Å². The second-order valence-corrected chi connectivity index (χ2v) is 8.32. The Morgan fingerprint density at radius 3 is 2.37 bits per heavy atom. The summed E-state index contributed by atoms with van der Waals surface area (Å²) in [6.45, 7) is 5.26. The Balaban J connectivity index is 1.92. The van der Waals surface area contributed by atoms with Crippen LogP contribution in [0.4, 0.5) is 5.69 Å². The summed E-state index contributed by atoms with van der Waals surface area (Å²) in [6.07, 6.45) is 0.666. The minimum atomic E-state index is -3.14. The average molecular weight is 389 g/mol. The molecule has 3 N–H and O–H groups in total. The highest BCUT2D eigenvalue weighted by atomic mass is 32.2. The highest BCUT2D eigenvalue weighted by Crippen LogP contribution is 2.07. The first-order valence-corrected chi connectivity index (χ1v) is 10.8. The van der Waals surface area contributed by atoms with E-state index in [1.165, 1.54) is 5.56 Å². The van der Waals surface area contributed by atoms with Crippen molar-refractivity contribution in [1.82, 2.24) is 10.0 Å². The topological polar surface area (TPSA) is 82.6 Å². The molecule has 146 valence electrons. The summed E-state index contributed by atoms with van der Waals surface area (Å²) in [7, 11) is -3.14. The number of sulfonamides is 1. The Morgan fingerprint density at radius 2 is 1.70 bits per heavy atom. The van der Waals surface area contributed by atoms with E-state index in [0.717, 1.165) is 11.3 Å². The summed E-state index contributed by atoms with van der Waals surface area (Å²) < 4.78 is 25.5. The monoisotopic (exact) mass is 388 g/mol. The van der Waals surface area contributed by atoms with Gasteiger partial charge in [0.2, 0.25) is 10.0 Å². The largest absolute Gasteiger partial charge is 0.356 e. The first-order chi connectivity index (χ1) is 13.0. The van der Waals surface area contributed by atoms with Gasteiger partial charge in [0.05, 0.1) is 12.3 Å². The lowest BCUT2D eigenvalue weighted by atomic mass is 10.1. The standard InChI is InChI=1S/C20H28N4O2S/c1-3-27(25,26)23-15-7-14-21-20(24-19-8-5-4-6-9-19)22-16-18-12-10-17(2)11-13-18/h4-6,8-13,23H,3,7,14-16H2,1-2H3,(H2,21,22,24). The molecule has 0 aromatic heterocycles. The minimum absolute atomic E-state index is 0.0965. The zero-order valence-electron chi connectivity index (χ0n) is 15.9. The van der Waals surface area contributed by atoms with Gasteiger partial charge in [0.25, 0.3) is 0 Å². The van der Waals surface area contributed by atoms with Crippen LogP contribution in [0.15, 0.2) is 59.6 Å². The van der Waals surface area contributed by atoms with Crippen LogP contribution in [-0.4, -0.2) is 33.2 Å². The molecule has 0 bridgehead atoms. The normalized spacial score (nSPS) is 12.0. The second-order valence-electron chi connectivity index (χ2n) is 6.22. The van der Waals surface area contributed by atoms with Crippen LogP contribution in [0.3, 0.4) is 0 Å². The molecule has 6 nitrogen and oxygen atoms in total.